The molecule has 0 aliphatic heterocycles. The van der Waals surface area contributed by atoms with Gasteiger partial charge in [-0.1, -0.05) is 19.1 Å². The predicted octanol–water partition coefficient (Wildman–Crippen LogP) is 1.47. The minimum absolute atomic E-state index is 0.0854. The number of hydrogen-bond acceptors (Lipinski definition) is 4. The van der Waals surface area contributed by atoms with Crippen molar-refractivity contribution in [1.29, 1.82) is 0 Å². The zero-order valence-electron chi connectivity index (χ0n) is 10.7. The Labute approximate surface area is 106 Å². The van der Waals surface area contributed by atoms with Gasteiger partial charge in [-0.25, -0.2) is 0 Å². The van der Waals surface area contributed by atoms with Gasteiger partial charge in [-0.3, -0.25) is 9.59 Å². The lowest BCUT2D eigenvalue weighted by Gasteiger charge is -2.40. The zero-order valence-corrected chi connectivity index (χ0v) is 10.7. The highest BCUT2D eigenvalue weighted by molar-refractivity contribution is 6.14. The average molecular weight is 248 g/mol. The fourth-order valence-corrected chi connectivity index (χ4v) is 3.85. The number of fused-ring (bicyclic) bond motifs is 5. The van der Waals surface area contributed by atoms with Crippen LogP contribution in [0.15, 0.2) is 23.7 Å². The summed E-state index contributed by atoms with van der Waals surface area (Å²) in [6.45, 7) is 1.89. The molecule has 2 bridgehead atoms. The molecule has 0 aromatic carbocycles. The Bertz CT molecular complexity index is 502. The molecule has 0 heterocycles. The molecule has 96 valence electrons. The number of hydrogen-bond donors (Lipinski definition) is 0. The highest BCUT2D eigenvalue weighted by atomic mass is 16.5. The first-order chi connectivity index (χ1) is 8.55. The third-order valence-corrected chi connectivity index (χ3v) is 4.78. The second-order valence-corrected chi connectivity index (χ2v) is 5.41. The van der Waals surface area contributed by atoms with E-state index in [1.165, 1.54) is 14.2 Å². The fourth-order valence-electron chi connectivity index (χ4n) is 3.85. The van der Waals surface area contributed by atoms with Crippen molar-refractivity contribution in [1.82, 2.24) is 0 Å². The lowest BCUT2D eigenvalue weighted by Crippen LogP contribution is -2.49. The maximum atomic E-state index is 12.6. The Morgan fingerprint density at radius 2 is 1.83 bits per heavy atom. The van der Waals surface area contributed by atoms with Crippen LogP contribution in [0.5, 0.6) is 0 Å². The molecule has 4 atom stereocenters. The van der Waals surface area contributed by atoms with E-state index < -0.39 is 5.41 Å². The van der Waals surface area contributed by atoms with Crippen LogP contribution in [-0.4, -0.2) is 25.8 Å². The van der Waals surface area contributed by atoms with Crippen molar-refractivity contribution < 1.29 is 19.1 Å². The first-order valence-corrected chi connectivity index (χ1v) is 6.15. The van der Waals surface area contributed by atoms with E-state index in [2.05, 4.69) is 12.2 Å². The van der Waals surface area contributed by atoms with Gasteiger partial charge in [-0.05, 0) is 18.3 Å². The van der Waals surface area contributed by atoms with E-state index in [1.807, 2.05) is 6.92 Å². The van der Waals surface area contributed by atoms with Gasteiger partial charge in [-0.15, -0.1) is 0 Å². The molecule has 0 aromatic rings. The molecule has 18 heavy (non-hydrogen) atoms. The van der Waals surface area contributed by atoms with E-state index in [-0.39, 0.29) is 40.8 Å². The molecule has 3 rings (SSSR count). The molecule has 1 saturated carbocycles. The van der Waals surface area contributed by atoms with Gasteiger partial charge in [0.25, 0.3) is 0 Å². The first kappa shape index (κ1) is 11.5. The largest absolute Gasteiger partial charge is 0.490 e. The number of Topliss-reactive ketones (excluding diaryl/α,β-unsaturated/α-hetero) is 2. The van der Waals surface area contributed by atoms with Crippen molar-refractivity contribution >= 4 is 11.6 Å². The molecule has 3 aliphatic rings. The molecule has 3 aliphatic carbocycles. The van der Waals surface area contributed by atoms with Gasteiger partial charge in [0.15, 0.2) is 0 Å². The average Bonchev–Trinajstić information content (AvgIpc) is 2.93. The Hall–Kier alpha value is -1.58. The third-order valence-electron chi connectivity index (χ3n) is 4.78. The van der Waals surface area contributed by atoms with Crippen molar-refractivity contribution in [3.05, 3.63) is 23.7 Å². The number of carbonyl (C=O) groups excluding carboxylic acids is 2. The van der Waals surface area contributed by atoms with Crippen molar-refractivity contribution in [2.75, 3.05) is 14.2 Å². The van der Waals surface area contributed by atoms with E-state index in [1.54, 1.807) is 0 Å². The van der Waals surface area contributed by atoms with Gasteiger partial charge < -0.3 is 9.47 Å². The summed E-state index contributed by atoms with van der Waals surface area (Å²) in [5, 5.41) is 0. The monoisotopic (exact) mass is 248 g/mol. The summed E-state index contributed by atoms with van der Waals surface area (Å²) in [7, 11) is 2.82. The SMILES string of the molecule is COC1=C(OC)C(=O)C2(C)C3C=CC(C3)C2C1=O. The van der Waals surface area contributed by atoms with Crippen LogP contribution >= 0.6 is 0 Å². The summed E-state index contributed by atoms with van der Waals surface area (Å²) in [5.41, 5.74) is -0.649. The summed E-state index contributed by atoms with van der Waals surface area (Å²) < 4.78 is 10.2. The lowest BCUT2D eigenvalue weighted by atomic mass is 9.62. The van der Waals surface area contributed by atoms with Gasteiger partial charge in [0.2, 0.25) is 23.1 Å². The maximum absolute atomic E-state index is 12.6. The summed E-state index contributed by atoms with van der Waals surface area (Å²) in [4.78, 5) is 25.1. The van der Waals surface area contributed by atoms with Crippen LogP contribution in [0.3, 0.4) is 0 Å². The highest BCUT2D eigenvalue weighted by Crippen LogP contribution is 2.60. The molecule has 1 fully saturated rings. The van der Waals surface area contributed by atoms with Gasteiger partial charge in [0, 0.05) is 5.92 Å². The number of ether oxygens (including phenoxy) is 2. The molecular formula is C14H16O4. The van der Waals surface area contributed by atoms with E-state index in [9.17, 15) is 9.59 Å². The molecule has 0 saturated heterocycles. The van der Waals surface area contributed by atoms with E-state index in [4.69, 9.17) is 9.47 Å². The molecular weight excluding hydrogens is 232 g/mol. The summed E-state index contributed by atoms with van der Waals surface area (Å²) in [6.07, 6.45) is 5.01. The predicted molar refractivity (Wildman–Crippen MR) is 63.4 cm³/mol. The molecule has 4 unspecified atom stereocenters. The molecule has 0 N–H and O–H groups in total. The Balaban J connectivity index is 2.18. The van der Waals surface area contributed by atoms with Crippen LogP contribution in [-0.2, 0) is 19.1 Å². The number of ketones is 2. The van der Waals surface area contributed by atoms with Gasteiger partial charge in [0.05, 0.1) is 19.6 Å². The molecule has 4 heteroatoms. The Morgan fingerprint density at radius 3 is 2.44 bits per heavy atom. The zero-order chi connectivity index (χ0) is 13.1. The van der Waals surface area contributed by atoms with Crippen LogP contribution in [0, 0.1) is 23.2 Å². The Kier molecular flexibility index (Phi) is 2.22. The van der Waals surface area contributed by atoms with Crippen LogP contribution in [0.25, 0.3) is 0 Å². The second kappa shape index (κ2) is 3.46. The topological polar surface area (TPSA) is 52.6 Å². The summed E-state index contributed by atoms with van der Waals surface area (Å²) in [6, 6.07) is 0. The fraction of sp³-hybridized carbons (Fsp3) is 0.571. The highest BCUT2D eigenvalue weighted by Gasteiger charge is 2.64. The first-order valence-electron chi connectivity index (χ1n) is 6.15. The third kappa shape index (κ3) is 1.06. The van der Waals surface area contributed by atoms with Crippen molar-refractivity contribution in [3.63, 3.8) is 0 Å². The second-order valence-electron chi connectivity index (χ2n) is 5.41. The molecule has 0 radical (unpaired) electrons. The van der Waals surface area contributed by atoms with Crippen LogP contribution in [0.1, 0.15) is 13.3 Å². The number of methoxy groups -OCH3 is 2. The quantitative estimate of drug-likeness (QED) is 0.694. The number of rotatable bonds is 2. The van der Waals surface area contributed by atoms with Gasteiger partial charge in [-0.2, -0.15) is 0 Å². The van der Waals surface area contributed by atoms with Crippen molar-refractivity contribution in [3.8, 4) is 0 Å². The van der Waals surface area contributed by atoms with Crippen LogP contribution < -0.4 is 0 Å². The molecule has 0 spiro atoms. The minimum Gasteiger partial charge on any atom is -0.490 e. The molecule has 0 amide bonds. The van der Waals surface area contributed by atoms with Crippen LogP contribution in [0.2, 0.25) is 0 Å². The summed E-state index contributed by atoms with van der Waals surface area (Å²) in [5.74, 6) is 0.0195. The standard InChI is InChI=1S/C14H16O4/c1-14-8-5-4-7(6-8)9(14)10(15)11(17-2)12(18-3)13(14)16/h4-5,7-9H,6H2,1-3H3. The van der Waals surface area contributed by atoms with E-state index >= 15 is 0 Å². The van der Waals surface area contributed by atoms with Gasteiger partial charge >= 0.3 is 0 Å². The lowest BCUT2D eigenvalue weighted by molar-refractivity contribution is -0.143. The molecule has 4 nitrogen and oxygen atoms in total. The Morgan fingerprint density at radius 1 is 1.17 bits per heavy atom. The normalized spacial score (nSPS) is 41.4. The van der Waals surface area contributed by atoms with Crippen molar-refractivity contribution in [2.24, 2.45) is 23.2 Å². The van der Waals surface area contributed by atoms with Gasteiger partial charge in [0.1, 0.15) is 0 Å². The minimum atomic E-state index is -0.649. The number of allylic oxidation sites excluding steroid dienone is 4. The van der Waals surface area contributed by atoms with E-state index in [0.717, 1.165) is 6.42 Å². The number of carbonyl (C=O) groups is 2. The van der Waals surface area contributed by atoms with E-state index in [0.29, 0.717) is 0 Å². The smallest absolute Gasteiger partial charge is 0.208 e. The van der Waals surface area contributed by atoms with Crippen molar-refractivity contribution in [2.45, 2.75) is 13.3 Å². The molecule has 0 aromatic heterocycles. The maximum Gasteiger partial charge on any atom is 0.208 e. The summed E-state index contributed by atoms with van der Waals surface area (Å²) >= 11 is 0. The van der Waals surface area contributed by atoms with Crippen LogP contribution in [0.4, 0.5) is 0 Å².